The molecule has 1 heterocycles. The Balaban J connectivity index is 2.23. The van der Waals surface area contributed by atoms with E-state index in [1.54, 1.807) is 20.3 Å². The number of aromatic nitrogens is 1. The molecule has 1 aromatic heterocycles. The van der Waals surface area contributed by atoms with Gasteiger partial charge in [0, 0.05) is 61.6 Å². The van der Waals surface area contributed by atoms with Gasteiger partial charge in [-0.15, -0.1) is 0 Å². The van der Waals surface area contributed by atoms with E-state index in [1.807, 2.05) is 25.1 Å². The van der Waals surface area contributed by atoms with Crippen LogP contribution in [0.25, 0.3) is 11.1 Å². The van der Waals surface area contributed by atoms with Crippen molar-refractivity contribution in [2.24, 2.45) is 7.05 Å². The van der Waals surface area contributed by atoms with Gasteiger partial charge in [-0.3, -0.25) is 4.79 Å². The molecule has 3 aromatic rings. The van der Waals surface area contributed by atoms with Crippen LogP contribution in [0.4, 0.5) is 20.2 Å². The molecule has 5 nitrogen and oxygen atoms in total. The van der Waals surface area contributed by atoms with E-state index in [4.69, 9.17) is 5.41 Å². The Hall–Kier alpha value is -3.13. The Kier molecular flexibility index (Phi) is 7.12. The van der Waals surface area contributed by atoms with E-state index in [-0.39, 0.29) is 12.0 Å². The molecule has 0 fully saturated rings. The van der Waals surface area contributed by atoms with Crippen molar-refractivity contribution in [1.82, 2.24) is 4.57 Å². The molecular formula is C23H24F2N4OS. The molecule has 0 saturated heterocycles. The maximum atomic E-state index is 14.4. The van der Waals surface area contributed by atoms with Crippen molar-refractivity contribution in [3.8, 4) is 11.1 Å². The number of hydrogen-bond donors (Lipinski definition) is 3. The predicted octanol–water partition coefficient (Wildman–Crippen LogP) is 5.04. The molecule has 0 aliphatic carbocycles. The first kappa shape index (κ1) is 22.6. The van der Waals surface area contributed by atoms with Crippen LogP contribution in [0.1, 0.15) is 23.6 Å². The van der Waals surface area contributed by atoms with Crippen molar-refractivity contribution >= 4 is 29.5 Å². The molecule has 2 aromatic carbocycles. The topological polar surface area (TPSA) is 69.9 Å². The first-order chi connectivity index (χ1) is 14.9. The van der Waals surface area contributed by atoms with Crippen molar-refractivity contribution in [1.29, 1.82) is 5.41 Å². The van der Waals surface area contributed by atoms with Crippen molar-refractivity contribution < 1.29 is 8.78 Å². The third-order valence-corrected chi connectivity index (χ3v) is 5.61. The fourth-order valence-electron chi connectivity index (χ4n) is 3.42. The molecule has 162 valence electrons. The van der Waals surface area contributed by atoms with E-state index in [2.05, 4.69) is 10.0 Å². The summed E-state index contributed by atoms with van der Waals surface area (Å²) in [6, 6.07) is 9.25. The number of rotatable bonds is 8. The number of halogens is 2. The van der Waals surface area contributed by atoms with E-state index in [0.29, 0.717) is 22.4 Å². The number of nitrogens with one attached hydrogen (secondary N) is 3. The summed E-state index contributed by atoms with van der Waals surface area (Å²) in [4.78, 5) is 12.5. The van der Waals surface area contributed by atoms with Crippen LogP contribution < -0.4 is 15.6 Å². The highest BCUT2D eigenvalue weighted by atomic mass is 32.2. The molecule has 0 atom stereocenters. The van der Waals surface area contributed by atoms with E-state index in [0.717, 1.165) is 34.8 Å². The Labute approximate surface area is 184 Å². The van der Waals surface area contributed by atoms with Gasteiger partial charge in [0.05, 0.1) is 0 Å². The highest BCUT2D eigenvalue weighted by Crippen LogP contribution is 2.33. The number of nitrogens with zero attached hydrogens (tertiary/aromatic N) is 1. The van der Waals surface area contributed by atoms with Crippen LogP contribution >= 0.6 is 11.9 Å². The Bertz CT molecular complexity index is 1180. The van der Waals surface area contributed by atoms with Gasteiger partial charge in [0.15, 0.2) is 0 Å². The van der Waals surface area contributed by atoms with Gasteiger partial charge in [0.1, 0.15) is 17.3 Å². The second-order valence-electron chi connectivity index (χ2n) is 6.96. The molecule has 0 spiro atoms. The van der Waals surface area contributed by atoms with Crippen molar-refractivity contribution in [2.75, 3.05) is 22.8 Å². The Morgan fingerprint density at radius 2 is 1.87 bits per heavy atom. The van der Waals surface area contributed by atoms with Crippen LogP contribution in [-0.4, -0.2) is 23.6 Å². The normalized spacial score (nSPS) is 10.7. The van der Waals surface area contributed by atoms with Gasteiger partial charge in [-0.2, -0.15) is 0 Å². The Morgan fingerprint density at radius 3 is 2.52 bits per heavy atom. The SMILES string of the molecule is CCSNc1ccc(Cc2ccc(F)cc2F)c(-c2cn(C)c(=O)c(NC)c2C=N)c1. The lowest BCUT2D eigenvalue weighted by Crippen LogP contribution is -2.22. The maximum absolute atomic E-state index is 14.4. The van der Waals surface area contributed by atoms with Crippen molar-refractivity contribution in [3.63, 3.8) is 0 Å². The van der Waals surface area contributed by atoms with Crippen molar-refractivity contribution in [3.05, 3.63) is 81.3 Å². The zero-order chi connectivity index (χ0) is 22.5. The first-order valence-corrected chi connectivity index (χ1v) is 10.7. The highest BCUT2D eigenvalue weighted by molar-refractivity contribution is 8.00. The van der Waals surface area contributed by atoms with Crippen LogP contribution in [0.15, 0.2) is 47.4 Å². The molecule has 8 heteroatoms. The summed E-state index contributed by atoms with van der Waals surface area (Å²) >= 11 is 1.54. The van der Waals surface area contributed by atoms with E-state index in [9.17, 15) is 13.6 Å². The highest BCUT2D eigenvalue weighted by Gasteiger charge is 2.18. The minimum Gasteiger partial charge on any atom is -0.383 e. The van der Waals surface area contributed by atoms with E-state index >= 15 is 0 Å². The van der Waals surface area contributed by atoms with Crippen LogP contribution in [0.2, 0.25) is 0 Å². The van der Waals surface area contributed by atoms with Gasteiger partial charge < -0.3 is 20.0 Å². The maximum Gasteiger partial charge on any atom is 0.274 e. The average Bonchev–Trinajstić information content (AvgIpc) is 2.76. The predicted molar refractivity (Wildman–Crippen MR) is 125 cm³/mol. The lowest BCUT2D eigenvalue weighted by molar-refractivity contribution is 0.574. The van der Waals surface area contributed by atoms with Gasteiger partial charge in [0.25, 0.3) is 5.56 Å². The van der Waals surface area contributed by atoms with Crippen LogP contribution in [-0.2, 0) is 13.5 Å². The monoisotopic (exact) mass is 442 g/mol. The zero-order valence-corrected chi connectivity index (χ0v) is 18.4. The molecule has 0 aliphatic rings. The molecule has 3 rings (SSSR count). The smallest absolute Gasteiger partial charge is 0.274 e. The van der Waals surface area contributed by atoms with E-state index in [1.165, 1.54) is 28.6 Å². The van der Waals surface area contributed by atoms with Gasteiger partial charge in [0.2, 0.25) is 0 Å². The summed E-state index contributed by atoms with van der Waals surface area (Å²) in [5.41, 5.74) is 3.96. The lowest BCUT2D eigenvalue weighted by atomic mass is 9.92. The Morgan fingerprint density at radius 1 is 1.13 bits per heavy atom. The summed E-state index contributed by atoms with van der Waals surface area (Å²) in [6.45, 7) is 2.03. The average molecular weight is 443 g/mol. The summed E-state index contributed by atoms with van der Waals surface area (Å²) in [6.07, 6.45) is 3.06. The second-order valence-corrected chi connectivity index (χ2v) is 8.03. The molecule has 3 N–H and O–H groups in total. The summed E-state index contributed by atoms with van der Waals surface area (Å²) in [5, 5.41) is 10.8. The van der Waals surface area contributed by atoms with E-state index < -0.39 is 11.6 Å². The quantitative estimate of drug-likeness (QED) is 0.338. The molecule has 0 aliphatic heterocycles. The number of benzene rings is 2. The van der Waals surface area contributed by atoms with Crippen molar-refractivity contribution in [2.45, 2.75) is 13.3 Å². The number of aryl methyl sites for hydroxylation is 1. The van der Waals surface area contributed by atoms with Gasteiger partial charge in [-0.05, 0) is 34.9 Å². The third kappa shape index (κ3) is 4.80. The molecule has 0 bridgehead atoms. The fourth-order valence-corrected chi connectivity index (χ4v) is 3.86. The van der Waals surface area contributed by atoms with Crippen LogP contribution in [0.5, 0.6) is 0 Å². The minimum atomic E-state index is -0.625. The standard InChI is InChI=1S/C23H24F2N4OS/c1-4-31-28-17-8-6-14(9-15-5-7-16(24)10-21(15)25)18(11-17)20-13-29(3)23(30)22(27-2)19(20)12-26/h5-8,10-13,26-28H,4,9H2,1-3H3. The lowest BCUT2D eigenvalue weighted by Gasteiger charge is -2.18. The van der Waals surface area contributed by atoms with Gasteiger partial charge in [-0.1, -0.05) is 31.0 Å². The minimum absolute atomic E-state index is 0.234. The van der Waals surface area contributed by atoms with Crippen LogP contribution in [0, 0.1) is 17.0 Å². The number of pyridine rings is 1. The third-order valence-electron chi connectivity index (χ3n) is 4.94. The molecule has 0 radical (unpaired) electrons. The second kappa shape index (κ2) is 9.78. The number of hydrogen-bond acceptors (Lipinski definition) is 5. The molecule has 31 heavy (non-hydrogen) atoms. The first-order valence-electron chi connectivity index (χ1n) is 9.76. The summed E-state index contributed by atoms with van der Waals surface area (Å²) in [7, 11) is 3.28. The fraction of sp³-hybridized carbons (Fsp3) is 0.217. The molecule has 0 saturated carbocycles. The molecule has 0 amide bonds. The summed E-state index contributed by atoms with van der Waals surface area (Å²) in [5.74, 6) is -0.369. The number of anilines is 2. The van der Waals surface area contributed by atoms with Gasteiger partial charge in [-0.25, -0.2) is 8.78 Å². The molecular weight excluding hydrogens is 418 g/mol. The molecule has 0 unspecified atom stereocenters. The van der Waals surface area contributed by atoms with Crippen LogP contribution in [0.3, 0.4) is 0 Å². The largest absolute Gasteiger partial charge is 0.383 e. The zero-order valence-electron chi connectivity index (χ0n) is 17.6. The van der Waals surface area contributed by atoms with Gasteiger partial charge >= 0.3 is 0 Å². The summed E-state index contributed by atoms with van der Waals surface area (Å²) < 4.78 is 32.4.